The molecule has 7 nitrogen and oxygen atoms in total. The maximum atomic E-state index is 10.8. The second-order valence-electron chi connectivity index (χ2n) is 4.60. The molecule has 0 spiro atoms. The molecular weight excluding hydrogens is 282 g/mol. The van der Waals surface area contributed by atoms with Gasteiger partial charge in [-0.2, -0.15) is 0 Å². The highest BCUT2D eigenvalue weighted by Crippen LogP contribution is 2.26. The zero-order valence-corrected chi connectivity index (χ0v) is 12.1. The Morgan fingerprint density at radius 1 is 1.55 bits per heavy atom. The van der Waals surface area contributed by atoms with E-state index >= 15 is 0 Å². The van der Waals surface area contributed by atoms with E-state index in [9.17, 15) is 15.0 Å². The number of aliphatic hydroxyl groups is 2. The Morgan fingerprint density at radius 3 is 2.90 bits per heavy atom. The normalized spacial score (nSPS) is 18.6. The SMILES string of the molecule is CC(=O)NCC(O)C(O)c1csc(N2CCOCC2)n1. The number of anilines is 1. The van der Waals surface area contributed by atoms with Gasteiger partial charge in [-0.15, -0.1) is 11.3 Å². The van der Waals surface area contributed by atoms with Gasteiger partial charge in [-0.1, -0.05) is 0 Å². The first-order chi connectivity index (χ1) is 9.58. The Labute approximate surface area is 121 Å². The molecule has 0 aromatic carbocycles. The first-order valence-electron chi connectivity index (χ1n) is 6.46. The monoisotopic (exact) mass is 301 g/mol. The number of nitrogens with zero attached hydrogens (tertiary/aromatic N) is 2. The van der Waals surface area contributed by atoms with Gasteiger partial charge in [-0.3, -0.25) is 4.79 Å². The van der Waals surface area contributed by atoms with Gasteiger partial charge in [0.15, 0.2) is 5.13 Å². The lowest BCUT2D eigenvalue weighted by Crippen LogP contribution is -2.36. The van der Waals surface area contributed by atoms with Gasteiger partial charge < -0.3 is 25.2 Å². The van der Waals surface area contributed by atoms with Crippen LogP contribution in [0.5, 0.6) is 0 Å². The maximum absolute atomic E-state index is 10.8. The first kappa shape index (κ1) is 15.2. The second-order valence-corrected chi connectivity index (χ2v) is 5.44. The Balaban J connectivity index is 1.94. The molecule has 2 unspecified atom stereocenters. The molecule has 0 saturated carbocycles. The predicted octanol–water partition coefficient (Wildman–Crippen LogP) is -0.490. The molecule has 2 atom stereocenters. The largest absolute Gasteiger partial charge is 0.388 e. The van der Waals surface area contributed by atoms with E-state index in [1.165, 1.54) is 18.3 Å². The van der Waals surface area contributed by atoms with Gasteiger partial charge in [-0.05, 0) is 0 Å². The Bertz CT molecular complexity index is 448. The van der Waals surface area contributed by atoms with E-state index in [0.717, 1.165) is 18.2 Å². The van der Waals surface area contributed by atoms with E-state index in [4.69, 9.17) is 4.74 Å². The number of aliphatic hydroxyl groups excluding tert-OH is 2. The average molecular weight is 301 g/mol. The van der Waals surface area contributed by atoms with Crippen molar-refractivity contribution in [2.24, 2.45) is 0 Å². The fourth-order valence-electron chi connectivity index (χ4n) is 1.87. The van der Waals surface area contributed by atoms with E-state index in [-0.39, 0.29) is 12.5 Å². The van der Waals surface area contributed by atoms with Crippen LogP contribution in [0.3, 0.4) is 0 Å². The summed E-state index contributed by atoms with van der Waals surface area (Å²) in [6.07, 6.45) is -2.17. The van der Waals surface area contributed by atoms with Crippen molar-refractivity contribution in [3.8, 4) is 0 Å². The summed E-state index contributed by atoms with van der Waals surface area (Å²) in [7, 11) is 0. The van der Waals surface area contributed by atoms with Crippen LogP contribution >= 0.6 is 11.3 Å². The molecule has 0 aliphatic carbocycles. The minimum absolute atomic E-state index is 0.000907. The minimum Gasteiger partial charge on any atom is -0.388 e. The number of hydrogen-bond acceptors (Lipinski definition) is 7. The van der Waals surface area contributed by atoms with Crippen LogP contribution in [0.1, 0.15) is 18.7 Å². The van der Waals surface area contributed by atoms with Crippen molar-refractivity contribution in [2.45, 2.75) is 19.1 Å². The Kier molecular flexibility index (Phi) is 5.30. The van der Waals surface area contributed by atoms with Crippen molar-refractivity contribution in [1.29, 1.82) is 0 Å². The lowest BCUT2D eigenvalue weighted by atomic mass is 10.1. The average Bonchev–Trinajstić information content (AvgIpc) is 2.94. The van der Waals surface area contributed by atoms with Gasteiger partial charge >= 0.3 is 0 Å². The summed E-state index contributed by atoms with van der Waals surface area (Å²) in [5.41, 5.74) is 0.425. The van der Waals surface area contributed by atoms with Crippen LogP contribution < -0.4 is 10.2 Å². The number of carbonyl (C=O) groups is 1. The van der Waals surface area contributed by atoms with E-state index in [2.05, 4.69) is 15.2 Å². The third kappa shape index (κ3) is 3.89. The molecule has 0 bridgehead atoms. The maximum Gasteiger partial charge on any atom is 0.216 e. The number of amides is 1. The van der Waals surface area contributed by atoms with Crippen molar-refractivity contribution in [1.82, 2.24) is 10.3 Å². The van der Waals surface area contributed by atoms with Crippen LogP contribution in [0.15, 0.2) is 5.38 Å². The standard InChI is InChI=1S/C12H19N3O4S/c1-8(16)13-6-10(17)11(18)9-7-20-12(14-9)15-2-4-19-5-3-15/h7,10-11,17-18H,2-6H2,1H3,(H,13,16). The van der Waals surface area contributed by atoms with Gasteiger partial charge in [0, 0.05) is 31.9 Å². The van der Waals surface area contributed by atoms with Gasteiger partial charge in [0.25, 0.3) is 0 Å². The van der Waals surface area contributed by atoms with Crippen molar-refractivity contribution in [2.75, 3.05) is 37.7 Å². The van der Waals surface area contributed by atoms with Gasteiger partial charge in [-0.25, -0.2) is 4.98 Å². The number of hydrogen-bond donors (Lipinski definition) is 3. The molecule has 1 fully saturated rings. The molecular formula is C12H19N3O4S. The van der Waals surface area contributed by atoms with Crippen molar-refractivity contribution >= 4 is 22.4 Å². The molecule has 1 aromatic rings. The van der Waals surface area contributed by atoms with E-state index in [1.54, 1.807) is 5.38 Å². The highest BCUT2D eigenvalue weighted by atomic mass is 32.1. The van der Waals surface area contributed by atoms with Crippen molar-refractivity contribution in [3.63, 3.8) is 0 Å². The molecule has 1 amide bonds. The van der Waals surface area contributed by atoms with E-state index in [1.807, 2.05) is 0 Å². The predicted molar refractivity (Wildman–Crippen MR) is 74.8 cm³/mol. The number of nitrogens with one attached hydrogen (secondary N) is 1. The van der Waals surface area contributed by atoms with Crippen molar-refractivity contribution < 1.29 is 19.7 Å². The summed E-state index contributed by atoms with van der Waals surface area (Å²) < 4.78 is 5.27. The molecule has 1 aromatic heterocycles. The summed E-state index contributed by atoms with van der Waals surface area (Å²) in [5.74, 6) is -0.247. The van der Waals surface area contributed by atoms with Crippen LogP contribution in [-0.2, 0) is 9.53 Å². The number of aromatic nitrogens is 1. The lowest BCUT2D eigenvalue weighted by Gasteiger charge is -2.26. The first-order valence-corrected chi connectivity index (χ1v) is 7.34. The zero-order valence-electron chi connectivity index (χ0n) is 11.3. The third-order valence-corrected chi connectivity index (χ3v) is 3.94. The summed E-state index contributed by atoms with van der Waals surface area (Å²) in [5, 5.41) is 24.8. The number of rotatable bonds is 5. The van der Waals surface area contributed by atoms with E-state index in [0.29, 0.717) is 18.9 Å². The fourth-order valence-corrected chi connectivity index (χ4v) is 2.78. The third-order valence-electron chi connectivity index (χ3n) is 3.02. The van der Waals surface area contributed by atoms with Crippen LogP contribution in [0.25, 0.3) is 0 Å². The summed E-state index contributed by atoms with van der Waals surface area (Å²) >= 11 is 1.43. The lowest BCUT2D eigenvalue weighted by molar-refractivity contribution is -0.119. The molecule has 20 heavy (non-hydrogen) atoms. The van der Waals surface area contributed by atoms with Crippen LogP contribution in [-0.4, -0.2) is 60.1 Å². The van der Waals surface area contributed by atoms with Crippen LogP contribution in [0, 0.1) is 0 Å². The number of ether oxygens (including phenoxy) is 1. The molecule has 1 aliphatic rings. The number of carbonyl (C=O) groups excluding carboxylic acids is 1. The van der Waals surface area contributed by atoms with Gasteiger partial charge in [0.1, 0.15) is 12.2 Å². The highest BCUT2D eigenvalue weighted by molar-refractivity contribution is 7.13. The second kappa shape index (κ2) is 6.98. The quantitative estimate of drug-likeness (QED) is 0.679. The minimum atomic E-state index is -1.10. The molecule has 2 heterocycles. The van der Waals surface area contributed by atoms with E-state index < -0.39 is 12.2 Å². The summed E-state index contributed by atoms with van der Waals surface area (Å²) in [6, 6.07) is 0. The number of thiazole rings is 1. The van der Waals surface area contributed by atoms with Gasteiger partial charge in [0.2, 0.25) is 5.91 Å². The fraction of sp³-hybridized carbons (Fsp3) is 0.667. The zero-order chi connectivity index (χ0) is 14.5. The van der Waals surface area contributed by atoms with Crippen LogP contribution in [0.4, 0.5) is 5.13 Å². The summed E-state index contributed by atoms with van der Waals surface area (Å²) in [6.45, 7) is 4.25. The van der Waals surface area contributed by atoms with Gasteiger partial charge in [0.05, 0.1) is 18.9 Å². The molecule has 112 valence electrons. The highest BCUT2D eigenvalue weighted by Gasteiger charge is 2.23. The molecule has 1 aliphatic heterocycles. The molecule has 8 heteroatoms. The van der Waals surface area contributed by atoms with Crippen LogP contribution in [0.2, 0.25) is 0 Å². The number of morpholine rings is 1. The topological polar surface area (TPSA) is 94.9 Å². The molecule has 0 radical (unpaired) electrons. The smallest absolute Gasteiger partial charge is 0.216 e. The molecule has 1 saturated heterocycles. The molecule has 3 N–H and O–H groups in total. The van der Waals surface area contributed by atoms with Crippen molar-refractivity contribution in [3.05, 3.63) is 11.1 Å². The Morgan fingerprint density at radius 2 is 2.25 bits per heavy atom. The Hall–Kier alpha value is -1.22. The molecule has 2 rings (SSSR count). The summed E-state index contributed by atoms with van der Waals surface area (Å²) in [4.78, 5) is 17.2.